The number of hydrogen-bond acceptors (Lipinski definition) is 5. The summed E-state index contributed by atoms with van der Waals surface area (Å²) in [5, 5.41) is 4.46. The second-order valence-corrected chi connectivity index (χ2v) is 7.05. The highest BCUT2D eigenvalue weighted by Crippen LogP contribution is 2.14. The van der Waals surface area contributed by atoms with Crippen molar-refractivity contribution in [2.45, 2.75) is 6.92 Å². The van der Waals surface area contributed by atoms with Crippen molar-refractivity contribution >= 4 is 52.4 Å². The van der Waals surface area contributed by atoms with Crippen LogP contribution in [0.1, 0.15) is 12.5 Å². The zero-order chi connectivity index (χ0) is 19.5. The van der Waals surface area contributed by atoms with Crippen molar-refractivity contribution in [3.05, 3.63) is 77.5 Å². The fourth-order valence-corrected chi connectivity index (χ4v) is 2.98. The van der Waals surface area contributed by atoms with Gasteiger partial charge in [0, 0.05) is 6.20 Å². The van der Waals surface area contributed by atoms with E-state index < -0.39 is 0 Å². The molecular formula is C20H19N3O2S2. The van der Waals surface area contributed by atoms with Crippen LogP contribution in [0.25, 0.3) is 6.08 Å². The van der Waals surface area contributed by atoms with Gasteiger partial charge in [-0.1, -0.05) is 72.0 Å². The van der Waals surface area contributed by atoms with E-state index in [1.165, 1.54) is 22.9 Å². The molecule has 0 fully saturated rings. The van der Waals surface area contributed by atoms with Gasteiger partial charge in [-0.2, -0.15) is 0 Å². The number of amides is 2. The molecule has 2 amide bonds. The molecule has 5 nitrogen and oxygen atoms in total. The molecule has 0 bridgehead atoms. The zero-order valence-electron chi connectivity index (χ0n) is 14.7. The van der Waals surface area contributed by atoms with Crippen LogP contribution in [0.15, 0.2) is 71.9 Å². The number of pyridine rings is 1. The van der Waals surface area contributed by atoms with Crippen molar-refractivity contribution in [1.82, 2.24) is 9.88 Å². The Balaban J connectivity index is 1.86. The van der Waals surface area contributed by atoms with Crippen LogP contribution in [0.5, 0.6) is 0 Å². The van der Waals surface area contributed by atoms with E-state index in [1.54, 1.807) is 23.7 Å². The molecule has 0 aliphatic rings. The highest BCUT2D eigenvalue weighted by Gasteiger charge is 2.13. The third-order valence-corrected chi connectivity index (χ3v) is 4.55. The molecule has 0 aliphatic heterocycles. The van der Waals surface area contributed by atoms with Gasteiger partial charge in [0.1, 0.15) is 10.9 Å². The molecule has 2 aromatic rings. The first kappa shape index (κ1) is 20.5. The minimum absolute atomic E-state index is 0.156. The summed E-state index contributed by atoms with van der Waals surface area (Å²) < 4.78 is 0.301. The summed E-state index contributed by atoms with van der Waals surface area (Å²) in [4.78, 5) is 28.4. The number of thioether (sulfide) groups is 1. The van der Waals surface area contributed by atoms with Gasteiger partial charge in [0.25, 0.3) is 0 Å². The molecule has 0 radical (unpaired) electrons. The number of nitrogens with one attached hydrogen (secondary N) is 1. The summed E-state index contributed by atoms with van der Waals surface area (Å²) in [5.41, 5.74) is 2.71. The minimum Gasteiger partial charge on any atom is -0.323 e. The number of aromatic nitrogens is 1. The lowest BCUT2D eigenvalue weighted by Gasteiger charge is -2.16. The highest BCUT2D eigenvalue weighted by atomic mass is 32.2. The molecule has 138 valence electrons. The largest absolute Gasteiger partial charge is 0.323 e. The summed E-state index contributed by atoms with van der Waals surface area (Å²) in [6.45, 7) is 1.82. The van der Waals surface area contributed by atoms with E-state index in [1.807, 2.05) is 49.4 Å². The maximum atomic E-state index is 12.0. The van der Waals surface area contributed by atoms with Crippen molar-refractivity contribution in [3.63, 3.8) is 0 Å². The summed E-state index contributed by atoms with van der Waals surface area (Å²) in [6.07, 6.45) is 7.64. The molecule has 1 heterocycles. The maximum Gasteiger partial charge on any atom is 0.244 e. The Kier molecular flexibility index (Phi) is 8.41. The van der Waals surface area contributed by atoms with Crippen LogP contribution in [-0.4, -0.2) is 33.1 Å². The summed E-state index contributed by atoms with van der Waals surface area (Å²) in [5.74, 6) is -0.345. The van der Waals surface area contributed by atoms with E-state index in [-0.39, 0.29) is 12.5 Å². The number of nitrogens with zero attached hydrogens (tertiary/aromatic N) is 2. The topological polar surface area (TPSA) is 62.3 Å². The Labute approximate surface area is 168 Å². The lowest BCUT2D eigenvalue weighted by Crippen LogP contribution is -2.34. The third kappa shape index (κ3) is 7.55. The van der Waals surface area contributed by atoms with Gasteiger partial charge < -0.3 is 5.32 Å². The first-order chi connectivity index (χ1) is 13.1. The van der Waals surface area contributed by atoms with E-state index in [0.29, 0.717) is 16.4 Å². The number of rotatable bonds is 7. The Bertz CT molecular complexity index is 837. The molecule has 7 heteroatoms. The van der Waals surface area contributed by atoms with Gasteiger partial charge in [-0.25, -0.2) is 0 Å². The Hall–Kier alpha value is -2.77. The second-order valence-electron chi connectivity index (χ2n) is 5.51. The predicted molar refractivity (Wildman–Crippen MR) is 115 cm³/mol. The molecular weight excluding hydrogens is 378 g/mol. The van der Waals surface area contributed by atoms with Crippen LogP contribution in [0.4, 0.5) is 5.69 Å². The Morgan fingerprint density at radius 3 is 2.70 bits per heavy atom. The van der Waals surface area contributed by atoms with Crippen molar-refractivity contribution in [1.29, 1.82) is 0 Å². The molecule has 0 atom stereocenters. The third-order valence-electron chi connectivity index (χ3n) is 3.31. The number of benzene rings is 1. The number of anilines is 1. The standard InChI is InChI=1S/C20H19N3O2S2/c1-16(12-17-6-3-2-4-7-17)9-11-27-20(26)23(15-24)14-19(25)22-18-8-5-10-21-13-18/h2-13,15H,14H2,1H3,(H,22,25). The maximum absolute atomic E-state index is 12.0. The lowest BCUT2D eigenvalue weighted by atomic mass is 10.1. The van der Waals surface area contributed by atoms with E-state index in [4.69, 9.17) is 12.2 Å². The van der Waals surface area contributed by atoms with Crippen LogP contribution in [0.3, 0.4) is 0 Å². The molecule has 2 rings (SSSR count). The molecule has 0 aliphatic carbocycles. The summed E-state index contributed by atoms with van der Waals surface area (Å²) in [6, 6.07) is 13.4. The SMILES string of the molecule is CC(C=CSC(=S)N(C=O)CC(=O)Nc1cccnc1)=Cc1ccccc1. The van der Waals surface area contributed by atoms with Gasteiger partial charge in [0.15, 0.2) is 0 Å². The number of carbonyl (C=O) groups is 2. The van der Waals surface area contributed by atoms with Gasteiger partial charge in [-0.3, -0.25) is 19.5 Å². The van der Waals surface area contributed by atoms with E-state index in [0.717, 1.165) is 11.1 Å². The smallest absolute Gasteiger partial charge is 0.244 e. The average Bonchev–Trinajstić information content (AvgIpc) is 2.67. The van der Waals surface area contributed by atoms with E-state index >= 15 is 0 Å². The lowest BCUT2D eigenvalue weighted by molar-refractivity contribution is -0.122. The molecule has 0 saturated carbocycles. The second kappa shape index (κ2) is 11.1. The molecule has 0 spiro atoms. The minimum atomic E-state index is -0.345. The van der Waals surface area contributed by atoms with E-state index in [2.05, 4.69) is 10.3 Å². The quantitative estimate of drug-likeness (QED) is 0.433. The first-order valence-corrected chi connectivity index (χ1v) is 9.39. The van der Waals surface area contributed by atoms with Crippen LogP contribution in [0.2, 0.25) is 0 Å². The first-order valence-electron chi connectivity index (χ1n) is 8.11. The van der Waals surface area contributed by atoms with Gasteiger partial charge in [-0.15, -0.1) is 0 Å². The molecule has 0 saturated heterocycles. The van der Waals surface area contributed by atoms with E-state index in [9.17, 15) is 9.59 Å². The number of carbonyl (C=O) groups excluding carboxylic acids is 2. The number of thiocarbonyl (C=S) groups is 1. The number of hydrogen-bond donors (Lipinski definition) is 1. The van der Waals surface area contributed by atoms with Crippen LogP contribution in [-0.2, 0) is 9.59 Å². The normalized spacial score (nSPS) is 11.2. The van der Waals surface area contributed by atoms with Gasteiger partial charge >= 0.3 is 0 Å². The van der Waals surface area contributed by atoms with Crippen molar-refractivity contribution < 1.29 is 9.59 Å². The van der Waals surface area contributed by atoms with Crippen LogP contribution < -0.4 is 5.32 Å². The zero-order valence-corrected chi connectivity index (χ0v) is 16.4. The van der Waals surface area contributed by atoms with Gasteiger partial charge in [0.05, 0.1) is 11.9 Å². The van der Waals surface area contributed by atoms with Gasteiger partial charge in [0.2, 0.25) is 12.3 Å². The fourth-order valence-electron chi connectivity index (χ4n) is 2.06. The summed E-state index contributed by atoms with van der Waals surface area (Å²) >= 11 is 6.44. The predicted octanol–water partition coefficient (Wildman–Crippen LogP) is 4.11. The Morgan fingerprint density at radius 2 is 2.04 bits per heavy atom. The molecule has 27 heavy (non-hydrogen) atoms. The van der Waals surface area contributed by atoms with Crippen LogP contribution >= 0.6 is 24.0 Å². The van der Waals surface area contributed by atoms with Crippen LogP contribution in [0, 0.1) is 0 Å². The number of allylic oxidation sites excluding steroid dienone is 2. The van der Waals surface area contributed by atoms with Gasteiger partial charge in [-0.05, 0) is 30.0 Å². The monoisotopic (exact) mass is 397 g/mol. The molecule has 1 N–H and O–H groups in total. The Morgan fingerprint density at radius 1 is 1.26 bits per heavy atom. The fraction of sp³-hybridized carbons (Fsp3) is 0.100. The van der Waals surface area contributed by atoms with Crippen molar-refractivity contribution in [3.8, 4) is 0 Å². The van der Waals surface area contributed by atoms with Crippen molar-refractivity contribution in [2.75, 3.05) is 11.9 Å². The summed E-state index contributed by atoms with van der Waals surface area (Å²) in [7, 11) is 0. The molecule has 1 aromatic carbocycles. The average molecular weight is 398 g/mol. The van der Waals surface area contributed by atoms with Crippen molar-refractivity contribution in [2.24, 2.45) is 0 Å². The molecule has 0 unspecified atom stereocenters. The highest BCUT2D eigenvalue weighted by molar-refractivity contribution is 8.24. The molecule has 1 aromatic heterocycles.